The van der Waals surface area contributed by atoms with Gasteiger partial charge in [0.25, 0.3) is 0 Å². The first kappa shape index (κ1) is 11.5. The average molecular weight is 219 g/mol. The summed E-state index contributed by atoms with van der Waals surface area (Å²) in [5.74, 6) is 1.86. The van der Waals surface area contributed by atoms with E-state index < -0.39 is 0 Å². The van der Waals surface area contributed by atoms with Crippen LogP contribution in [-0.2, 0) is 0 Å². The van der Waals surface area contributed by atoms with Crippen LogP contribution in [-0.4, -0.2) is 11.7 Å². The molecule has 0 atom stereocenters. The van der Waals surface area contributed by atoms with Gasteiger partial charge in [0, 0.05) is 0 Å². The molecule has 16 heavy (non-hydrogen) atoms. The quantitative estimate of drug-likeness (QED) is 0.821. The maximum absolute atomic E-state index is 9.46. The maximum atomic E-state index is 9.46. The highest BCUT2D eigenvalue weighted by Crippen LogP contribution is 2.37. The predicted octanol–water partition coefficient (Wildman–Crippen LogP) is 3.01. The van der Waals surface area contributed by atoms with E-state index in [9.17, 15) is 5.11 Å². The van der Waals surface area contributed by atoms with E-state index in [4.69, 9.17) is 5.73 Å². The van der Waals surface area contributed by atoms with E-state index in [1.165, 1.54) is 37.7 Å². The Morgan fingerprint density at radius 1 is 1.19 bits per heavy atom. The van der Waals surface area contributed by atoms with Crippen molar-refractivity contribution >= 4 is 0 Å². The highest BCUT2D eigenvalue weighted by Gasteiger charge is 2.21. The van der Waals surface area contributed by atoms with Crippen molar-refractivity contribution in [1.82, 2.24) is 0 Å². The molecule has 0 amide bonds. The minimum Gasteiger partial charge on any atom is -0.508 e. The van der Waals surface area contributed by atoms with Crippen LogP contribution in [0.4, 0.5) is 0 Å². The molecule has 1 aromatic rings. The molecule has 0 unspecified atom stereocenters. The van der Waals surface area contributed by atoms with Crippen LogP contribution in [0.15, 0.2) is 24.3 Å². The Morgan fingerprint density at radius 3 is 2.56 bits per heavy atom. The average Bonchev–Trinajstić information content (AvgIpc) is 2.30. The largest absolute Gasteiger partial charge is 0.508 e. The van der Waals surface area contributed by atoms with Gasteiger partial charge in [0.1, 0.15) is 5.75 Å². The molecule has 2 heteroatoms. The van der Waals surface area contributed by atoms with Gasteiger partial charge < -0.3 is 10.8 Å². The first-order chi connectivity index (χ1) is 7.79. The van der Waals surface area contributed by atoms with E-state index in [0.29, 0.717) is 11.7 Å². The maximum Gasteiger partial charge on any atom is 0.115 e. The number of hydrogen-bond donors (Lipinski definition) is 2. The highest BCUT2D eigenvalue weighted by molar-refractivity contribution is 5.29. The van der Waals surface area contributed by atoms with Gasteiger partial charge >= 0.3 is 0 Å². The molecule has 0 bridgehead atoms. The van der Waals surface area contributed by atoms with Crippen LogP contribution in [0.2, 0.25) is 0 Å². The SMILES string of the molecule is NCCC1CCC(c2cccc(O)c2)CC1. The van der Waals surface area contributed by atoms with Crippen LogP contribution in [0, 0.1) is 5.92 Å². The molecular weight excluding hydrogens is 198 g/mol. The lowest BCUT2D eigenvalue weighted by atomic mass is 9.77. The topological polar surface area (TPSA) is 46.2 Å². The first-order valence-corrected chi connectivity index (χ1v) is 6.28. The molecule has 1 aromatic carbocycles. The van der Waals surface area contributed by atoms with E-state index in [1.807, 2.05) is 12.1 Å². The van der Waals surface area contributed by atoms with Crippen LogP contribution in [0.5, 0.6) is 5.75 Å². The summed E-state index contributed by atoms with van der Waals surface area (Å²) in [4.78, 5) is 0. The molecule has 0 aliphatic heterocycles. The van der Waals surface area contributed by atoms with Gasteiger partial charge in [-0.3, -0.25) is 0 Å². The van der Waals surface area contributed by atoms with Crippen molar-refractivity contribution < 1.29 is 5.11 Å². The molecule has 3 N–H and O–H groups in total. The lowest BCUT2D eigenvalue weighted by molar-refractivity contribution is 0.313. The lowest BCUT2D eigenvalue weighted by Crippen LogP contribution is -2.16. The van der Waals surface area contributed by atoms with Gasteiger partial charge in [-0.15, -0.1) is 0 Å². The Balaban J connectivity index is 1.94. The van der Waals surface area contributed by atoms with Gasteiger partial charge in [-0.1, -0.05) is 12.1 Å². The zero-order chi connectivity index (χ0) is 11.4. The standard InChI is InChI=1S/C14H21NO/c15-9-8-11-4-6-12(7-5-11)13-2-1-3-14(16)10-13/h1-3,10-12,16H,4-9,15H2. The number of benzene rings is 1. The number of nitrogens with two attached hydrogens (primary N) is 1. The van der Waals surface area contributed by atoms with Gasteiger partial charge in [0.2, 0.25) is 0 Å². The summed E-state index contributed by atoms with van der Waals surface area (Å²) in [6, 6.07) is 7.72. The zero-order valence-electron chi connectivity index (χ0n) is 9.73. The number of aromatic hydroxyl groups is 1. The summed E-state index contributed by atoms with van der Waals surface area (Å²) >= 11 is 0. The minimum absolute atomic E-state index is 0.390. The second-order valence-electron chi connectivity index (χ2n) is 4.89. The predicted molar refractivity (Wildman–Crippen MR) is 66.5 cm³/mol. The summed E-state index contributed by atoms with van der Waals surface area (Å²) in [6.45, 7) is 0.821. The summed E-state index contributed by atoms with van der Waals surface area (Å²) in [5.41, 5.74) is 6.89. The zero-order valence-corrected chi connectivity index (χ0v) is 9.73. The molecule has 1 fully saturated rings. The number of rotatable bonds is 3. The van der Waals surface area contributed by atoms with Crippen molar-refractivity contribution in [3.05, 3.63) is 29.8 Å². The van der Waals surface area contributed by atoms with E-state index in [-0.39, 0.29) is 0 Å². The second-order valence-corrected chi connectivity index (χ2v) is 4.89. The molecule has 0 spiro atoms. The van der Waals surface area contributed by atoms with Crippen LogP contribution < -0.4 is 5.73 Å². The Morgan fingerprint density at radius 2 is 1.94 bits per heavy atom. The van der Waals surface area contributed by atoms with Crippen molar-refractivity contribution in [3.8, 4) is 5.75 Å². The Bertz CT molecular complexity index is 329. The Labute approximate surface area is 97.5 Å². The van der Waals surface area contributed by atoms with Crippen molar-refractivity contribution in [1.29, 1.82) is 0 Å². The minimum atomic E-state index is 0.390. The summed E-state index contributed by atoms with van der Waals surface area (Å²) < 4.78 is 0. The van der Waals surface area contributed by atoms with Crippen molar-refractivity contribution in [2.45, 2.75) is 38.0 Å². The molecule has 88 valence electrons. The van der Waals surface area contributed by atoms with E-state index in [2.05, 4.69) is 6.07 Å². The van der Waals surface area contributed by atoms with Crippen molar-refractivity contribution in [2.24, 2.45) is 11.7 Å². The molecule has 0 heterocycles. The van der Waals surface area contributed by atoms with Crippen LogP contribution in [0.1, 0.15) is 43.6 Å². The summed E-state index contributed by atoms with van der Waals surface area (Å²) in [7, 11) is 0. The smallest absolute Gasteiger partial charge is 0.115 e. The third-order valence-electron chi connectivity index (χ3n) is 3.76. The molecule has 0 aromatic heterocycles. The molecule has 1 aliphatic rings. The van der Waals surface area contributed by atoms with Gasteiger partial charge in [-0.2, -0.15) is 0 Å². The van der Waals surface area contributed by atoms with Crippen LogP contribution >= 0.6 is 0 Å². The summed E-state index contributed by atoms with van der Waals surface area (Å²) in [5, 5.41) is 9.46. The van der Waals surface area contributed by atoms with Crippen LogP contribution in [0.25, 0.3) is 0 Å². The number of hydrogen-bond acceptors (Lipinski definition) is 2. The van der Waals surface area contributed by atoms with E-state index in [0.717, 1.165) is 12.5 Å². The van der Waals surface area contributed by atoms with Gasteiger partial charge in [0.05, 0.1) is 0 Å². The molecule has 1 saturated carbocycles. The summed E-state index contributed by atoms with van der Waals surface area (Å²) in [6.07, 6.45) is 6.24. The fourth-order valence-electron chi connectivity index (χ4n) is 2.80. The molecule has 2 rings (SSSR count). The third-order valence-corrected chi connectivity index (χ3v) is 3.76. The number of phenols is 1. The highest BCUT2D eigenvalue weighted by atomic mass is 16.3. The van der Waals surface area contributed by atoms with Crippen molar-refractivity contribution in [2.75, 3.05) is 6.54 Å². The fraction of sp³-hybridized carbons (Fsp3) is 0.571. The monoisotopic (exact) mass is 219 g/mol. The normalized spacial score (nSPS) is 25.6. The number of phenolic OH excluding ortho intramolecular Hbond substituents is 1. The van der Waals surface area contributed by atoms with Gasteiger partial charge in [-0.05, 0) is 68.2 Å². The van der Waals surface area contributed by atoms with Crippen molar-refractivity contribution in [3.63, 3.8) is 0 Å². The Hall–Kier alpha value is -1.02. The van der Waals surface area contributed by atoms with Gasteiger partial charge in [-0.25, -0.2) is 0 Å². The third kappa shape index (κ3) is 2.76. The van der Waals surface area contributed by atoms with E-state index >= 15 is 0 Å². The lowest BCUT2D eigenvalue weighted by Gasteiger charge is -2.28. The van der Waals surface area contributed by atoms with Crippen LogP contribution in [0.3, 0.4) is 0 Å². The molecular formula is C14H21NO. The molecule has 0 saturated heterocycles. The first-order valence-electron chi connectivity index (χ1n) is 6.28. The van der Waals surface area contributed by atoms with E-state index in [1.54, 1.807) is 6.07 Å². The molecule has 0 radical (unpaired) electrons. The molecule has 1 aliphatic carbocycles. The second kappa shape index (κ2) is 5.35. The molecule has 2 nitrogen and oxygen atoms in total. The Kier molecular flexibility index (Phi) is 3.83. The fourth-order valence-corrected chi connectivity index (χ4v) is 2.80. The van der Waals surface area contributed by atoms with Gasteiger partial charge in [0.15, 0.2) is 0 Å².